The Labute approximate surface area is 74.6 Å². The van der Waals surface area contributed by atoms with Gasteiger partial charge in [-0.05, 0) is 18.4 Å². The standard InChI is InChI=1S/C12H14/c1-3-11(2)9-10-12-7-5-4-6-8-12/h1,4-8,11H,9-10H2,2H3. The first-order chi connectivity index (χ1) is 5.83. The van der Waals surface area contributed by atoms with Crippen LogP contribution in [-0.2, 0) is 6.42 Å². The summed E-state index contributed by atoms with van der Waals surface area (Å²) in [6.45, 7) is 2.09. The van der Waals surface area contributed by atoms with E-state index in [1.165, 1.54) is 5.56 Å². The highest BCUT2D eigenvalue weighted by atomic mass is 14.0. The number of aryl methyl sites for hydroxylation is 1. The second-order valence-electron chi connectivity index (χ2n) is 3.09. The van der Waals surface area contributed by atoms with Gasteiger partial charge in [-0.25, -0.2) is 0 Å². The van der Waals surface area contributed by atoms with Crippen LogP contribution in [0.2, 0.25) is 0 Å². The van der Waals surface area contributed by atoms with Crippen molar-refractivity contribution in [2.75, 3.05) is 0 Å². The maximum Gasteiger partial charge on any atom is 0.0175 e. The molecule has 0 saturated carbocycles. The van der Waals surface area contributed by atoms with Gasteiger partial charge in [0, 0.05) is 5.92 Å². The van der Waals surface area contributed by atoms with E-state index in [0.29, 0.717) is 5.92 Å². The Bertz CT molecular complexity index is 253. The summed E-state index contributed by atoms with van der Waals surface area (Å²) in [6.07, 6.45) is 7.46. The van der Waals surface area contributed by atoms with Crippen LogP contribution in [-0.4, -0.2) is 0 Å². The van der Waals surface area contributed by atoms with Gasteiger partial charge in [0.1, 0.15) is 0 Å². The van der Waals surface area contributed by atoms with Gasteiger partial charge >= 0.3 is 0 Å². The molecule has 0 spiro atoms. The molecule has 0 aliphatic carbocycles. The minimum absolute atomic E-state index is 0.394. The molecular weight excluding hydrogens is 144 g/mol. The minimum Gasteiger partial charge on any atom is -0.120 e. The van der Waals surface area contributed by atoms with Gasteiger partial charge < -0.3 is 0 Å². The molecule has 1 unspecified atom stereocenters. The largest absolute Gasteiger partial charge is 0.120 e. The topological polar surface area (TPSA) is 0 Å². The molecular formula is C12H14. The van der Waals surface area contributed by atoms with Gasteiger partial charge in [0.2, 0.25) is 0 Å². The molecule has 0 radical (unpaired) electrons. The van der Waals surface area contributed by atoms with Crippen molar-refractivity contribution in [1.82, 2.24) is 0 Å². The maximum absolute atomic E-state index is 5.29. The zero-order valence-electron chi connectivity index (χ0n) is 7.46. The molecule has 0 heteroatoms. The summed E-state index contributed by atoms with van der Waals surface area (Å²) in [7, 11) is 0. The quantitative estimate of drug-likeness (QED) is 0.593. The van der Waals surface area contributed by atoms with Crippen LogP contribution in [0, 0.1) is 18.3 Å². The number of hydrogen-bond donors (Lipinski definition) is 0. The van der Waals surface area contributed by atoms with Crippen LogP contribution >= 0.6 is 0 Å². The molecule has 0 aliphatic rings. The van der Waals surface area contributed by atoms with Crippen molar-refractivity contribution < 1.29 is 0 Å². The van der Waals surface area contributed by atoms with Crippen LogP contribution in [0.5, 0.6) is 0 Å². The molecule has 0 bridgehead atoms. The molecule has 1 aromatic rings. The highest BCUT2D eigenvalue weighted by molar-refractivity contribution is 5.15. The lowest BCUT2D eigenvalue weighted by Gasteiger charge is -2.02. The molecule has 0 N–H and O–H groups in total. The molecule has 0 nitrogen and oxygen atoms in total. The van der Waals surface area contributed by atoms with Gasteiger partial charge in [-0.3, -0.25) is 0 Å². The fraction of sp³-hybridized carbons (Fsp3) is 0.333. The van der Waals surface area contributed by atoms with E-state index < -0.39 is 0 Å². The Kier molecular flexibility index (Phi) is 3.41. The molecule has 0 heterocycles. The predicted octanol–water partition coefficient (Wildman–Crippen LogP) is 2.89. The Morgan fingerprint density at radius 1 is 1.33 bits per heavy atom. The molecule has 0 aliphatic heterocycles. The van der Waals surface area contributed by atoms with Crippen molar-refractivity contribution in [3.05, 3.63) is 35.9 Å². The molecule has 62 valence electrons. The molecule has 1 aromatic carbocycles. The summed E-state index contributed by atoms with van der Waals surface area (Å²) in [4.78, 5) is 0. The van der Waals surface area contributed by atoms with Crippen molar-refractivity contribution in [2.45, 2.75) is 19.8 Å². The van der Waals surface area contributed by atoms with E-state index in [9.17, 15) is 0 Å². The first-order valence-corrected chi connectivity index (χ1v) is 4.33. The van der Waals surface area contributed by atoms with Crippen LogP contribution in [0.25, 0.3) is 0 Å². The van der Waals surface area contributed by atoms with Crippen LogP contribution in [0.4, 0.5) is 0 Å². The van der Waals surface area contributed by atoms with E-state index in [0.717, 1.165) is 12.8 Å². The van der Waals surface area contributed by atoms with Gasteiger partial charge in [-0.2, -0.15) is 0 Å². The third-order valence-electron chi connectivity index (χ3n) is 1.99. The van der Waals surface area contributed by atoms with Crippen molar-refractivity contribution in [2.24, 2.45) is 5.92 Å². The van der Waals surface area contributed by atoms with E-state index in [4.69, 9.17) is 6.42 Å². The summed E-state index contributed by atoms with van der Waals surface area (Å²) in [5, 5.41) is 0. The highest BCUT2D eigenvalue weighted by Gasteiger charge is 1.97. The van der Waals surface area contributed by atoms with Crippen molar-refractivity contribution in [3.63, 3.8) is 0 Å². The highest BCUT2D eigenvalue weighted by Crippen LogP contribution is 2.07. The van der Waals surface area contributed by atoms with Gasteiger partial charge in [0.05, 0.1) is 0 Å². The second kappa shape index (κ2) is 4.62. The first kappa shape index (κ1) is 8.87. The Balaban J connectivity index is 2.40. The third-order valence-corrected chi connectivity index (χ3v) is 1.99. The van der Waals surface area contributed by atoms with Gasteiger partial charge in [-0.1, -0.05) is 37.3 Å². The molecule has 0 aromatic heterocycles. The zero-order chi connectivity index (χ0) is 8.81. The lowest BCUT2D eigenvalue weighted by atomic mass is 10.0. The summed E-state index contributed by atoms with van der Waals surface area (Å²) < 4.78 is 0. The Hall–Kier alpha value is -1.22. The number of hydrogen-bond acceptors (Lipinski definition) is 0. The second-order valence-corrected chi connectivity index (χ2v) is 3.09. The fourth-order valence-corrected chi connectivity index (χ4v) is 1.11. The third kappa shape index (κ3) is 2.80. The monoisotopic (exact) mass is 158 g/mol. The summed E-state index contributed by atoms with van der Waals surface area (Å²) in [5.41, 5.74) is 1.37. The summed E-state index contributed by atoms with van der Waals surface area (Å²) in [5.74, 6) is 3.13. The van der Waals surface area contributed by atoms with E-state index in [-0.39, 0.29) is 0 Å². The lowest BCUT2D eigenvalue weighted by Crippen LogP contribution is -1.93. The molecule has 1 rings (SSSR count). The van der Waals surface area contributed by atoms with E-state index in [2.05, 4.69) is 37.1 Å². The van der Waals surface area contributed by atoms with Gasteiger partial charge in [0.25, 0.3) is 0 Å². The van der Waals surface area contributed by atoms with Crippen LogP contribution in [0.3, 0.4) is 0 Å². The van der Waals surface area contributed by atoms with Gasteiger partial charge in [-0.15, -0.1) is 12.3 Å². The smallest absolute Gasteiger partial charge is 0.0175 e. The van der Waals surface area contributed by atoms with Gasteiger partial charge in [0.15, 0.2) is 0 Å². The summed E-state index contributed by atoms with van der Waals surface area (Å²) >= 11 is 0. The SMILES string of the molecule is C#CC(C)CCc1ccccc1. The van der Waals surface area contributed by atoms with Crippen LogP contribution in [0.15, 0.2) is 30.3 Å². The minimum atomic E-state index is 0.394. The van der Waals surface area contributed by atoms with Crippen LogP contribution < -0.4 is 0 Å². The number of rotatable bonds is 3. The van der Waals surface area contributed by atoms with E-state index >= 15 is 0 Å². The number of terminal acetylenes is 1. The Morgan fingerprint density at radius 3 is 2.58 bits per heavy atom. The fourth-order valence-electron chi connectivity index (χ4n) is 1.11. The molecule has 0 amide bonds. The molecule has 0 fully saturated rings. The lowest BCUT2D eigenvalue weighted by molar-refractivity contribution is 0.669. The predicted molar refractivity (Wildman–Crippen MR) is 52.8 cm³/mol. The van der Waals surface area contributed by atoms with E-state index in [1.807, 2.05) is 6.07 Å². The number of benzene rings is 1. The first-order valence-electron chi connectivity index (χ1n) is 4.33. The zero-order valence-corrected chi connectivity index (χ0v) is 7.46. The summed E-state index contributed by atoms with van der Waals surface area (Å²) in [6, 6.07) is 10.5. The average molecular weight is 158 g/mol. The van der Waals surface area contributed by atoms with Crippen molar-refractivity contribution in [1.29, 1.82) is 0 Å². The average Bonchev–Trinajstić information content (AvgIpc) is 2.16. The molecule has 0 saturated heterocycles. The molecule has 1 atom stereocenters. The normalized spacial score (nSPS) is 12.0. The Morgan fingerprint density at radius 2 is 2.00 bits per heavy atom. The van der Waals surface area contributed by atoms with E-state index in [1.54, 1.807) is 0 Å². The van der Waals surface area contributed by atoms with Crippen molar-refractivity contribution >= 4 is 0 Å². The maximum atomic E-state index is 5.29. The molecule has 12 heavy (non-hydrogen) atoms. The van der Waals surface area contributed by atoms with Crippen LogP contribution in [0.1, 0.15) is 18.9 Å². The van der Waals surface area contributed by atoms with Crippen molar-refractivity contribution in [3.8, 4) is 12.3 Å².